The van der Waals surface area contributed by atoms with E-state index in [2.05, 4.69) is 10.6 Å². The monoisotopic (exact) mass is 291 g/mol. The van der Waals surface area contributed by atoms with Gasteiger partial charge in [0.2, 0.25) is 0 Å². The number of anilines is 3. The highest BCUT2D eigenvalue weighted by atomic mass is 35.5. The van der Waals surface area contributed by atoms with Gasteiger partial charge in [-0.1, -0.05) is 23.7 Å². The third kappa shape index (κ3) is 3.00. The molecule has 6 heteroatoms. The minimum Gasteiger partial charge on any atom is -0.388 e. The van der Waals surface area contributed by atoms with Crippen molar-refractivity contribution in [1.29, 1.82) is 0 Å². The fourth-order valence-electron chi connectivity index (χ4n) is 1.87. The first-order valence-corrected chi connectivity index (χ1v) is 6.38. The van der Waals surface area contributed by atoms with E-state index in [9.17, 15) is 10.1 Å². The van der Waals surface area contributed by atoms with Gasteiger partial charge in [0.25, 0.3) is 5.69 Å². The number of non-ortho nitro benzene ring substituents is 1. The van der Waals surface area contributed by atoms with Crippen LogP contribution in [0, 0.1) is 17.0 Å². The molecule has 0 spiro atoms. The number of nitrogens with one attached hydrogen (secondary N) is 2. The van der Waals surface area contributed by atoms with E-state index >= 15 is 0 Å². The SMILES string of the molecule is CNc1cc(Nc2c(C)cccc2Cl)cc([N+](=O)[O-])c1. The standard InChI is InChI=1S/C14H14ClN3O2/c1-9-4-3-5-13(15)14(9)17-11-6-10(16-2)7-12(8-11)18(19)20/h3-8,16-17H,1-2H3. The molecule has 0 saturated heterocycles. The number of rotatable bonds is 4. The van der Waals surface area contributed by atoms with Crippen LogP contribution in [0.4, 0.5) is 22.7 Å². The van der Waals surface area contributed by atoms with Crippen LogP contribution in [-0.4, -0.2) is 12.0 Å². The minimum atomic E-state index is -0.425. The normalized spacial score (nSPS) is 10.2. The van der Waals surface area contributed by atoms with Crippen LogP contribution >= 0.6 is 11.6 Å². The van der Waals surface area contributed by atoms with Crippen LogP contribution < -0.4 is 10.6 Å². The Kier molecular flexibility index (Phi) is 4.10. The average molecular weight is 292 g/mol. The van der Waals surface area contributed by atoms with Gasteiger partial charge in [0.05, 0.1) is 15.6 Å². The van der Waals surface area contributed by atoms with Crippen LogP contribution in [0.3, 0.4) is 0 Å². The van der Waals surface area contributed by atoms with Gasteiger partial charge in [-0.25, -0.2) is 0 Å². The Labute approximate surface area is 121 Å². The number of aryl methyl sites for hydroxylation is 1. The molecule has 0 saturated carbocycles. The quantitative estimate of drug-likeness (QED) is 0.649. The molecule has 2 aromatic carbocycles. The van der Waals surface area contributed by atoms with Crippen molar-refractivity contribution in [3.8, 4) is 0 Å². The molecule has 0 aromatic heterocycles. The van der Waals surface area contributed by atoms with Crippen molar-refractivity contribution in [2.75, 3.05) is 17.7 Å². The molecule has 0 unspecified atom stereocenters. The Morgan fingerprint density at radius 1 is 1.20 bits per heavy atom. The molecule has 0 fully saturated rings. The molecule has 0 aliphatic rings. The molecule has 0 bridgehead atoms. The molecule has 2 aromatic rings. The summed E-state index contributed by atoms with van der Waals surface area (Å²) in [4.78, 5) is 10.5. The molecule has 104 valence electrons. The van der Waals surface area contributed by atoms with E-state index in [0.717, 1.165) is 11.3 Å². The summed E-state index contributed by atoms with van der Waals surface area (Å²) < 4.78 is 0. The van der Waals surface area contributed by atoms with Gasteiger partial charge >= 0.3 is 0 Å². The summed E-state index contributed by atoms with van der Waals surface area (Å²) in [6, 6.07) is 10.3. The number of benzene rings is 2. The summed E-state index contributed by atoms with van der Waals surface area (Å²) in [5.41, 5.74) is 3.00. The Hall–Kier alpha value is -2.27. The lowest BCUT2D eigenvalue weighted by Gasteiger charge is -2.12. The van der Waals surface area contributed by atoms with E-state index in [1.165, 1.54) is 12.1 Å². The summed E-state index contributed by atoms with van der Waals surface area (Å²) in [7, 11) is 1.71. The second-order valence-corrected chi connectivity index (χ2v) is 4.74. The number of hydrogen-bond acceptors (Lipinski definition) is 4. The van der Waals surface area contributed by atoms with Gasteiger partial charge < -0.3 is 10.6 Å². The number of halogens is 1. The maximum absolute atomic E-state index is 10.9. The summed E-state index contributed by atoms with van der Waals surface area (Å²) in [5.74, 6) is 0. The summed E-state index contributed by atoms with van der Waals surface area (Å²) in [5, 5.41) is 17.5. The van der Waals surface area contributed by atoms with Crippen molar-refractivity contribution in [3.63, 3.8) is 0 Å². The van der Waals surface area contributed by atoms with E-state index in [0.29, 0.717) is 16.4 Å². The number of nitro benzene ring substituents is 1. The third-order valence-corrected chi connectivity index (χ3v) is 3.22. The van der Waals surface area contributed by atoms with Gasteiger partial charge in [0, 0.05) is 30.6 Å². The molecular weight excluding hydrogens is 278 g/mol. The second kappa shape index (κ2) is 5.79. The average Bonchev–Trinajstić information content (AvgIpc) is 2.42. The van der Waals surface area contributed by atoms with Crippen molar-refractivity contribution in [2.24, 2.45) is 0 Å². The molecule has 0 aliphatic carbocycles. The molecule has 5 nitrogen and oxygen atoms in total. The Balaban J connectivity index is 2.43. The van der Waals surface area contributed by atoms with Gasteiger partial charge in [-0.2, -0.15) is 0 Å². The van der Waals surface area contributed by atoms with Crippen LogP contribution in [-0.2, 0) is 0 Å². The largest absolute Gasteiger partial charge is 0.388 e. The molecule has 0 radical (unpaired) electrons. The zero-order chi connectivity index (χ0) is 14.7. The molecule has 0 heterocycles. The summed E-state index contributed by atoms with van der Waals surface area (Å²) >= 11 is 6.14. The van der Waals surface area contributed by atoms with Crippen molar-refractivity contribution in [3.05, 3.63) is 57.1 Å². The molecule has 0 atom stereocenters. The topological polar surface area (TPSA) is 67.2 Å². The van der Waals surface area contributed by atoms with Gasteiger partial charge in [0.15, 0.2) is 0 Å². The predicted molar refractivity (Wildman–Crippen MR) is 82.1 cm³/mol. The molecule has 2 N–H and O–H groups in total. The van der Waals surface area contributed by atoms with E-state index in [4.69, 9.17) is 11.6 Å². The number of nitrogens with zero attached hydrogens (tertiary/aromatic N) is 1. The highest BCUT2D eigenvalue weighted by Crippen LogP contribution is 2.31. The predicted octanol–water partition coefficient (Wildman–Crippen LogP) is 4.34. The Morgan fingerprint density at radius 2 is 1.90 bits per heavy atom. The van der Waals surface area contributed by atoms with Crippen molar-refractivity contribution < 1.29 is 4.92 Å². The van der Waals surface area contributed by atoms with Crippen LogP contribution in [0.25, 0.3) is 0 Å². The van der Waals surface area contributed by atoms with E-state index in [-0.39, 0.29) is 5.69 Å². The van der Waals surface area contributed by atoms with Crippen LogP contribution in [0.5, 0.6) is 0 Å². The first kappa shape index (κ1) is 14.1. The lowest BCUT2D eigenvalue weighted by atomic mass is 10.2. The molecular formula is C14H14ClN3O2. The smallest absolute Gasteiger partial charge is 0.273 e. The highest BCUT2D eigenvalue weighted by molar-refractivity contribution is 6.33. The van der Waals surface area contributed by atoms with E-state index in [1.807, 2.05) is 19.1 Å². The molecule has 20 heavy (non-hydrogen) atoms. The molecule has 2 rings (SSSR count). The van der Waals surface area contributed by atoms with Crippen LogP contribution in [0.15, 0.2) is 36.4 Å². The van der Waals surface area contributed by atoms with E-state index < -0.39 is 4.92 Å². The van der Waals surface area contributed by atoms with Crippen molar-refractivity contribution >= 4 is 34.4 Å². The first-order valence-electron chi connectivity index (χ1n) is 6.00. The zero-order valence-electron chi connectivity index (χ0n) is 11.1. The number of hydrogen-bond donors (Lipinski definition) is 2. The summed E-state index contributed by atoms with van der Waals surface area (Å²) in [6.07, 6.45) is 0. The lowest BCUT2D eigenvalue weighted by molar-refractivity contribution is -0.384. The maximum Gasteiger partial charge on any atom is 0.273 e. The van der Waals surface area contributed by atoms with E-state index in [1.54, 1.807) is 19.2 Å². The second-order valence-electron chi connectivity index (χ2n) is 4.33. The Morgan fingerprint density at radius 3 is 2.50 bits per heavy atom. The van der Waals surface area contributed by atoms with Gasteiger partial charge in [-0.15, -0.1) is 0 Å². The van der Waals surface area contributed by atoms with Gasteiger partial charge in [-0.05, 0) is 24.6 Å². The zero-order valence-corrected chi connectivity index (χ0v) is 11.9. The van der Waals surface area contributed by atoms with Gasteiger partial charge in [-0.3, -0.25) is 10.1 Å². The van der Waals surface area contributed by atoms with Gasteiger partial charge in [0.1, 0.15) is 0 Å². The van der Waals surface area contributed by atoms with Crippen LogP contribution in [0.1, 0.15) is 5.56 Å². The maximum atomic E-state index is 10.9. The van der Waals surface area contributed by atoms with Crippen molar-refractivity contribution in [2.45, 2.75) is 6.92 Å². The van der Waals surface area contributed by atoms with Crippen LogP contribution in [0.2, 0.25) is 5.02 Å². The number of para-hydroxylation sites is 1. The fourth-order valence-corrected chi connectivity index (χ4v) is 2.14. The minimum absolute atomic E-state index is 0.0176. The first-order chi connectivity index (χ1) is 9.51. The molecule has 0 aliphatic heterocycles. The summed E-state index contributed by atoms with van der Waals surface area (Å²) in [6.45, 7) is 1.92. The van der Waals surface area contributed by atoms with Crippen molar-refractivity contribution in [1.82, 2.24) is 0 Å². The highest BCUT2D eigenvalue weighted by Gasteiger charge is 2.11. The fraction of sp³-hybridized carbons (Fsp3) is 0.143. The number of nitro groups is 1. The lowest BCUT2D eigenvalue weighted by Crippen LogP contribution is -1.98. The molecule has 0 amide bonds. The third-order valence-electron chi connectivity index (χ3n) is 2.91. The Bertz CT molecular complexity index is 639.